The first-order chi connectivity index (χ1) is 3.85. The van der Waals surface area contributed by atoms with Crippen LogP contribution in [0, 0.1) is 0 Å². The second kappa shape index (κ2) is 2.45. The maximum Gasteiger partial charge on any atom is 0.446 e. The third-order valence-electron chi connectivity index (χ3n) is 0.603. The summed E-state index contributed by atoms with van der Waals surface area (Å²) in [6, 6.07) is 0. The highest BCUT2D eigenvalue weighted by Gasteiger charge is 2.23. The molecule has 0 heterocycles. The lowest BCUT2D eigenvalue weighted by molar-refractivity contribution is -0.125. The van der Waals surface area contributed by atoms with Gasteiger partial charge in [-0.05, 0) is 0 Å². The minimum atomic E-state index is -4.55. The van der Waals surface area contributed by atoms with Gasteiger partial charge in [-0.2, -0.15) is 4.78 Å². The van der Waals surface area contributed by atoms with Gasteiger partial charge in [0, 0.05) is 6.92 Å². The molecule has 0 rings (SSSR count). The molecule has 6 nitrogen and oxygen atoms in total. The monoisotopic (exact) mass is 154 g/mol. The van der Waals surface area contributed by atoms with E-state index >= 15 is 0 Å². The average molecular weight is 154 g/mol. The van der Waals surface area contributed by atoms with Gasteiger partial charge in [-0.15, -0.1) is 0 Å². The molecular formula is C2H7N2O4P. The number of carbonyl (C=O) groups excluding carboxylic acids is 1. The van der Waals surface area contributed by atoms with Crippen LogP contribution in [0.1, 0.15) is 6.92 Å². The van der Waals surface area contributed by atoms with Crippen molar-refractivity contribution in [3.63, 3.8) is 0 Å². The second-order valence-electron chi connectivity index (χ2n) is 1.38. The molecule has 0 unspecified atom stereocenters. The number of amides is 1. The lowest BCUT2D eigenvalue weighted by Crippen LogP contribution is -2.31. The summed E-state index contributed by atoms with van der Waals surface area (Å²) in [6.07, 6.45) is 0. The first-order valence-corrected chi connectivity index (χ1v) is 3.53. The number of hydrogen-bond donors (Lipinski definition) is 3. The van der Waals surface area contributed by atoms with E-state index in [-0.39, 0.29) is 4.78 Å². The predicted molar refractivity (Wildman–Crippen MR) is 28.8 cm³/mol. The van der Waals surface area contributed by atoms with E-state index in [1.54, 1.807) is 0 Å². The number of carbonyl (C=O) groups is 1. The van der Waals surface area contributed by atoms with Crippen LogP contribution in [-0.2, 0) is 9.36 Å². The van der Waals surface area contributed by atoms with Crippen LogP contribution in [0.15, 0.2) is 0 Å². The number of hydrazine groups is 1. The van der Waals surface area contributed by atoms with E-state index < -0.39 is 13.7 Å². The molecule has 0 saturated heterocycles. The Morgan fingerprint density at radius 1 is 1.67 bits per heavy atom. The fraction of sp³-hybridized carbons (Fsp3) is 0.500. The average Bonchev–Trinajstić information content (AvgIpc) is 1.62. The molecule has 0 aliphatic carbocycles. The summed E-state index contributed by atoms with van der Waals surface area (Å²) in [5, 5.41) is 0. The van der Waals surface area contributed by atoms with E-state index in [4.69, 9.17) is 9.79 Å². The summed E-state index contributed by atoms with van der Waals surface area (Å²) >= 11 is 0. The van der Waals surface area contributed by atoms with Crippen LogP contribution >= 0.6 is 7.75 Å². The molecule has 0 aromatic heterocycles. The zero-order chi connectivity index (χ0) is 7.65. The fourth-order valence-corrected chi connectivity index (χ4v) is 0.550. The molecule has 0 bridgehead atoms. The van der Waals surface area contributed by atoms with Gasteiger partial charge < -0.3 is 9.79 Å². The van der Waals surface area contributed by atoms with Crippen molar-refractivity contribution in [2.75, 3.05) is 0 Å². The summed E-state index contributed by atoms with van der Waals surface area (Å²) in [4.78, 5) is 26.4. The maximum absolute atomic E-state index is 10.1. The van der Waals surface area contributed by atoms with Crippen LogP contribution in [0.5, 0.6) is 0 Å². The minimum absolute atomic E-state index is 0.118. The van der Waals surface area contributed by atoms with Crippen molar-refractivity contribution in [1.82, 2.24) is 4.78 Å². The van der Waals surface area contributed by atoms with E-state index in [1.165, 1.54) is 0 Å². The normalized spacial score (nSPS) is 11.1. The van der Waals surface area contributed by atoms with Gasteiger partial charge in [0.15, 0.2) is 0 Å². The maximum atomic E-state index is 10.1. The van der Waals surface area contributed by atoms with E-state index in [0.717, 1.165) is 6.92 Å². The molecule has 54 valence electrons. The standard InChI is InChI=1S/C2H7N2O4P/c1-2(5)4(3)9(6,7)8/h3H2,1H3,(H2,6,7,8). The van der Waals surface area contributed by atoms with Gasteiger partial charge in [-0.1, -0.05) is 0 Å². The van der Waals surface area contributed by atoms with Gasteiger partial charge in [0.25, 0.3) is 0 Å². The third kappa shape index (κ3) is 2.57. The lowest BCUT2D eigenvalue weighted by atomic mass is 10.8. The summed E-state index contributed by atoms with van der Waals surface area (Å²) in [5.74, 6) is 3.74. The van der Waals surface area contributed by atoms with Crippen molar-refractivity contribution in [3.8, 4) is 0 Å². The minimum Gasteiger partial charge on any atom is -0.307 e. The molecule has 0 aromatic rings. The van der Waals surface area contributed by atoms with Crippen LogP contribution in [0.3, 0.4) is 0 Å². The molecule has 9 heavy (non-hydrogen) atoms. The Bertz CT molecular complexity index is 162. The molecule has 4 N–H and O–H groups in total. The van der Waals surface area contributed by atoms with E-state index in [9.17, 15) is 9.36 Å². The van der Waals surface area contributed by atoms with Gasteiger partial charge in [0.1, 0.15) is 0 Å². The first kappa shape index (κ1) is 8.58. The van der Waals surface area contributed by atoms with Crippen LogP contribution in [0.2, 0.25) is 0 Å². The Morgan fingerprint density at radius 2 is 2.00 bits per heavy atom. The van der Waals surface area contributed by atoms with Crippen molar-refractivity contribution >= 4 is 13.7 Å². The highest BCUT2D eigenvalue weighted by molar-refractivity contribution is 7.49. The van der Waals surface area contributed by atoms with E-state index in [2.05, 4.69) is 5.84 Å². The topological polar surface area (TPSA) is 104 Å². The molecule has 0 saturated carbocycles. The van der Waals surface area contributed by atoms with Crippen LogP contribution in [0.25, 0.3) is 0 Å². The first-order valence-electron chi connectivity index (χ1n) is 1.97. The number of rotatable bonds is 1. The predicted octanol–water partition coefficient (Wildman–Crippen LogP) is -1.20. The highest BCUT2D eigenvalue weighted by Crippen LogP contribution is 2.36. The van der Waals surface area contributed by atoms with Gasteiger partial charge in [-0.25, -0.2) is 10.4 Å². The smallest absolute Gasteiger partial charge is 0.307 e. The van der Waals surface area contributed by atoms with Crippen molar-refractivity contribution in [2.45, 2.75) is 6.92 Å². The second-order valence-corrected chi connectivity index (χ2v) is 2.83. The van der Waals surface area contributed by atoms with Crippen LogP contribution < -0.4 is 5.84 Å². The molecule has 0 aliphatic rings. The molecule has 0 radical (unpaired) electrons. The molecular weight excluding hydrogens is 147 g/mol. The van der Waals surface area contributed by atoms with Crippen LogP contribution in [-0.4, -0.2) is 20.5 Å². The number of hydrogen-bond acceptors (Lipinski definition) is 3. The Labute approximate surface area is 51.4 Å². The fourth-order valence-electron chi connectivity index (χ4n) is 0.183. The number of nitrogens with zero attached hydrogens (tertiary/aromatic N) is 1. The molecule has 0 aliphatic heterocycles. The van der Waals surface area contributed by atoms with Gasteiger partial charge in [0.05, 0.1) is 0 Å². The summed E-state index contributed by atoms with van der Waals surface area (Å²) < 4.78 is 9.93. The Kier molecular flexibility index (Phi) is 2.33. The Hall–Kier alpha value is -0.420. The van der Waals surface area contributed by atoms with Gasteiger partial charge in [0.2, 0.25) is 5.91 Å². The third-order valence-corrected chi connectivity index (χ3v) is 1.45. The van der Waals surface area contributed by atoms with E-state index in [0.29, 0.717) is 0 Å². The van der Waals surface area contributed by atoms with Crippen LogP contribution in [0.4, 0.5) is 0 Å². The van der Waals surface area contributed by atoms with Gasteiger partial charge in [-0.3, -0.25) is 4.79 Å². The van der Waals surface area contributed by atoms with Gasteiger partial charge >= 0.3 is 7.75 Å². The molecule has 0 fully saturated rings. The summed E-state index contributed by atoms with van der Waals surface area (Å²) in [5.41, 5.74) is 0. The SMILES string of the molecule is CC(=O)N(N)P(=O)(O)O. The number of nitrogens with two attached hydrogens (primary N) is 1. The van der Waals surface area contributed by atoms with Crippen molar-refractivity contribution in [1.29, 1.82) is 0 Å². The quantitative estimate of drug-likeness (QED) is 0.190. The van der Waals surface area contributed by atoms with Crippen molar-refractivity contribution in [3.05, 3.63) is 0 Å². The van der Waals surface area contributed by atoms with Crippen molar-refractivity contribution in [2.24, 2.45) is 5.84 Å². The molecule has 7 heteroatoms. The molecule has 0 spiro atoms. The summed E-state index contributed by atoms with van der Waals surface area (Å²) in [6.45, 7) is 0.957. The summed E-state index contributed by atoms with van der Waals surface area (Å²) in [7, 11) is -4.55. The zero-order valence-corrected chi connectivity index (χ0v) is 5.58. The zero-order valence-electron chi connectivity index (χ0n) is 4.68. The van der Waals surface area contributed by atoms with E-state index in [1.807, 2.05) is 0 Å². The highest BCUT2D eigenvalue weighted by atomic mass is 31.2. The molecule has 0 atom stereocenters. The lowest BCUT2D eigenvalue weighted by Gasteiger charge is -2.13. The largest absolute Gasteiger partial charge is 0.446 e. The Balaban J connectivity index is 4.23. The van der Waals surface area contributed by atoms with Crippen molar-refractivity contribution < 1.29 is 19.1 Å². The Morgan fingerprint density at radius 3 is 2.00 bits per heavy atom. The molecule has 1 amide bonds. The molecule has 0 aromatic carbocycles.